The minimum Gasteiger partial charge on any atom is -0.328 e. The van der Waals surface area contributed by atoms with Gasteiger partial charge in [-0.15, -0.1) is 0 Å². The molecular formula is H7AlO5P2+. The Morgan fingerprint density at radius 3 is 1.25 bits per heavy atom. The van der Waals surface area contributed by atoms with Gasteiger partial charge in [0, 0.05) is 0 Å². The number of hydrogen-bond donors (Lipinski definition) is 4. The molecule has 1 unspecified atom stereocenters. The highest BCUT2D eigenvalue weighted by molar-refractivity contribution is 7.38. The van der Waals surface area contributed by atoms with Crippen LogP contribution in [0.15, 0.2) is 0 Å². The Labute approximate surface area is 59.4 Å². The van der Waals surface area contributed by atoms with E-state index in [1.54, 1.807) is 0 Å². The van der Waals surface area contributed by atoms with Crippen LogP contribution in [-0.2, 0) is 4.57 Å². The molecule has 0 saturated heterocycles. The van der Waals surface area contributed by atoms with E-state index in [-0.39, 0.29) is 17.4 Å². The van der Waals surface area contributed by atoms with Gasteiger partial charge in [0.1, 0.15) is 17.4 Å². The van der Waals surface area contributed by atoms with Crippen molar-refractivity contribution in [3.63, 3.8) is 0 Å². The molecule has 0 aromatic heterocycles. The van der Waals surface area contributed by atoms with E-state index in [0.717, 1.165) is 0 Å². The van der Waals surface area contributed by atoms with Crippen molar-refractivity contribution in [2.24, 2.45) is 0 Å². The number of rotatable bonds is 0. The SMILES string of the molecule is O=[PH+]O.OP(O)O.[AlH2]. The zero-order valence-electron chi connectivity index (χ0n) is 4.14. The van der Waals surface area contributed by atoms with Crippen LogP contribution < -0.4 is 0 Å². The topological polar surface area (TPSA) is 98.0 Å². The highest BCUT2D eigenvalue weighted by Crippen LogP contribution is 2.11. The Balaban J connectivity index is -0.0000000575. The Morgan fingerprint density at radius 2 is 1.25 bits per heavy atom. The van der Waals surface area contributed by atoms with E-state index in [4.69, 9.17) is 24.1 Å². The zero-order chi connectivity index (χ0) is 6.28. The summed E-state index contributed by atoms with van der Waals surface area (Å²) in [5, 5.41) is 0. The molecule has 4 N–H and O–H groups in total. The van der Waals surface area contributed by atoms with Crippen molar-refractivity contribution in [3.05, 3.63) is 0 Å². The smallest absolute Gasteiger partial charge is 0.328 e. The summed E-state index contributed by atoms with van der Waals surface area (Å²) in [6, 6.07) is 0. The monoisotopic (exact) mass is 176 g/mol. The van der Waals surface area contributed by atoms with Gasteiger partial charge in [0.05, 0.1) is 0 Å². The summed E-state index contributed by atoms with van der Waals surface area (Å²) < 4.78 is 8.51. The van der Waals surface area contributed by atoms with Gasteiger partial charge in [-0.1, -0.05) is 0 Å². The fraction of sp³-hybridized carbons (Fsp3) is 0. The van der Waals surface area contributed by atoms with Crippen LogP contribution in [0.3, 0.4) is 0 Å². The van der Waals surface area contributed by atoms with Crippen molar-refractivity contribution in [2.75, 3.05) is 0 Å². The number of hydrogen-bond acceptors (Lipinski definition) is 4. The average molecular weight is 176 g/mol. The second-order valence-corrected chi connectivity index (χ2v) is 1.08. The lowest BCUT2D eigenvalue weighted by molar-refractivity contribution is 0.368. The largest absolute Gasteiger partial charge is 0.491 e. The maximum absolute atomic E-state index is 8.51. The van der Waals surface area contributed by atoms with E-state index in [1.165, 1.54) is 0 Å². The van der Waals surface area contributed by atoms with Crippen molar-refractivity contribution in [3.8, 4) is 0 Å². The molecule has 0 spiro atoms. The summed E-state index contributed by atoms with van der Waals surface area (Å²) in [6.07, 6.45) is 0. The molecule has 0 aromatic carbocycles. The second kappa shape index (κ2) is 15.7. The molecule has 0 bridgehead atoms. The van der Waals surface area contributed by atoms with E-state index in [9.17, 15) is 0 Å². The van der Waals surface area contributed by atoms with Crippen molar-refractivity contribution in [2.45, 2.75) is 0 Å². The molecule has 0 heterocycles. The van der Waals surface area contributed by atoms with Crippen LogP contribution >= 0.6 is 17.3 Å². The fourth-order valence-electron chi connectivity index (χ4n) is 0. The van der Waals surface area contributed by atoms with Gasteiger partial charge in [-0.3, -0.25) is 0 Å². The van der Waals surface area contributed by atoms with Crippen LogP contribution in [0.1, 0.15) is 0 Å². The van der Waals surface area contributed by atoms with Crippen LogP contribution in [0.2, 0.25) is 0 Å². The maximum Gasteiger partial charge on any atom is 0.491 e. The van der Waals surface area contributed by atoms with Crippen LogP contribution in [-0.4, -0.2) is 36.9 Å². The first-order valence-corrected chi connectivity index (χ1v) is 3.08. The second-order valence-electron chi connectivity index (χ2n) is 0.360. The Morgan fingerprint density at radius 1 is 1.25 bits per heavy atom. The molecule has 1 radical (unpaired) electrons. The first-order valence-electron chi connectivity index (χ1n) is 1.03. The van der Waals surface area contributed by atoms with E-state index in [0.29, 0.717) is 0 Å². The van der Waals surface area contributed by atoms with Gasteiger partial charge in [0.2, 0.25) is 0 Å². The van der Waals surface area contributed by atoms with Crippen LogP contribution in [0.4, 0.5) is 0 Å². The summed E-state index contributed by atoms with van der Waals surface area (Å²) in [5.41, 5.74) is 0. The lowest BCUT2D eigenvalue weighted by Crippen LogP contribution is -1.54. The van der Waals surface area contributed by atoms with E-state index >= 15 is 0 Å². The molecular weight excluding hydrogens is 169 g/mol. The molecule has 0 aliphatic heterocycles. The normalized spacial score (nSPS) is 7.12. The molecule has 0 aliphatic carbocycles. The van der Waals surface area contributed by atoms with Crippen molar-refractivity contribution in [1.29, 1.82) is 0 Å². The minimum atomic E-state index is -2.62. The highest BCUT2D eigenvalue weighted by atomic mass is 31.2. The molecule has 0 aliphatic rings. The van der Waals surface area contributed by atoms with Gasteiger partial charge in [0.25, 0.3) is 0 Å². The lowest BCUT2D eigenvalue weighted by atomic mass is 15.8. The summed E-state index contributed by atoms with van der Waals surface area (Å²) in [5.74, 6) is 0. The molecule has 0 saturated carbocycles. The first kappa shape index (κ1) is 16.0. The molecule has 49 valence electrons. The molecule has 5 nitrogen and oxygen atoms in total. The Hall–Kier alpha value is 0.902. The Bertz CT molecular complexity index is 34.7. The molecule has 8 heteroatoms. The zero-order valence-corrected chi connectivity index (χ0v) is 8.04. The molecule has 8 heavy (non-hydrogen) atoms. The summed E-state index contributed by atoms with van der Waals surface area (Å²) in [7, 11) is -3.79. The predicted octanol–water partition coefficient (Wildman–Crippen LogP) is -1.81. The standard InChI is InChI=1S/Al.H3O3P.HO2P.2H/c;1-4(2)3;1-3-2;;/h;1-3H;3H;;/p+1. The van der Waals surface area contributed by atoms with Crippen molar-refractivity contribution < 1.29 is 24.1 Å². The van der Waals surface area contributed by atoms with E-state index in [1.807, 2.05) is 0 Å². The molecule has 0 amide bonds. The summed E-state index contributed by atoms with van der Waals surface area (Å²) >= 11 is 0. The Kier molecular flexibility index (Phi) is 31.2. The fourth-order valence-corrected chi connectivity index (χ4v) is 0. The van der Waals surface area contributed by atoms with Crippen molar-refractivity contribution in [1.82, 2.24) is 0 Å². The van der Waals surface area contributed by atoms with Gasteiger partial charge in [-0.2, -0.15) is 4.89 Å². The van der Waals surface area contributed by atoms with Crippen molar-refractivity contribution >= 4 is 34.7 Å². The minimum absolute atomic E-state index is 0. The maximum atomic E-state index is 8.51. The third-order valence-electron chi connectivity index (χ3n) is 0. The molecule has 1 atom stereocenters. The average Bonchev–Trinajstić information content (AvgIpc) is 1.33. The predicted molar refractivity (Wildman–Crippen MR) is 33.3 cm³/mol. The summed E-state index contributed by atoms with van der Waals surface area (Å²) in [4.78, 5) is 28.7. The summed E-state index contributed by atoms with van der Waals surface area (Å²) in [6.45, 7) is 0. The quantitative estimate of drug-likeness (QED) is 0.257. The molecule has 0 rings (SSSR count). The third kappa shape index (κ3) is 295. The third-order valence-corrected chi connectivity index (χ3v) is 0. The van der Waals surface area contributed by atoms with Gasteiger partial charge in [-0.25, -0.2) is 0 Å². The molecule has 0 aromatic rings. The lowest BCUT2D eigenvalue weighted by Gasteiger charge is -1.76. The first-order chi connectivity index (χ1) is 3.15. The van der Waals surface area contributed by atoms with E-state index in [2.05, 4.69) is 0 Å². The van der Waals surface area contributed by atoms with Crippen LogP contribution in [0, 0.1) is 0 Å². The van der Waals surface area contributed by atoms with Gasteiger partial charge >= 0.3 is 17.3 Å². The van der Waals surface area contributed by atoms with Crippen LogP contribution in [0.25, 0.3) is 0 Å². The molecule has 0 fully saturated rings. The van der Waals surface area contributed by atoms with Gasteiger partial charge in [-0.05, 0) is 4.57 Å². The van der Waals surface area contributed by atoms with E-state index < -0.39 is 17.3 Å². The van der Waals surface area contributed by atoms with Gasteiger partial charge < -0.3 is 14.7 Å². The van der Waals surface area contributed by atoms with Crippen LogP contribution in [0.5, 0.6) is 0 Å². The van der Waals surface area contributed by atoms with Gasteiger partial charge in [0.15, 0.2) is 0 Å². The highest BCUT2D eigenvalue weighted by Gasteiger charge is 1.76.